The van der Waals surface area contributed by atoms with Gasteiger partial charge in [-0.2, -0.15) is 0 Å². The Morgan fingerprint density at radius 2 is 1.66 bits per heavy atom. The summed E-state index contributed by atoms with van der Waals surface area (Å²) in [4.78, 5) is 28.5. The fraction of sp³-hybridized carbons (Fsp3) is 0.227. The first-order valence-corrected chi connectivity index (χ1v) is 9.13. The predicted molar refractivity (Wildman–Crippen MR) is 105 cm³/mol. The number of oxazole rings is 1. The molecule has 0 radical (unpaired) electrons. The molecule has 150 valence electrons. The number of alkyl carbamates (subject to hydrolysis) is 1. The largest absolute Gasteiger partial charge is 0.464 e. The number of carbonyl (C=O) groups is 2. The summed E-state index contributed by atoms with van der Waals surface area (Å²) < 4.78 is 15.7. The molecule has 0 aliphatic heterocycles. The van der Waals surface area contributed by atoms with Crippen molar-refractivity contribution in [3.63, 3.8) is 0 Å². The number of amides is 1. The maximum atomic E-state index is 12.4. The fourth-order valence-corrected chi connectivity index (χ4v) is 2.81. The molecule has 1 aromatic heterocycles. The van der Waals surface area contributed by atoms with Gasteiger partial charge in [0.25, 0.3) is 0 Å². The Hall–Kier alpha value is -3.61. The highest BCUT2D eigenvalue weighted by Gasteiger charge is 2.25. The third-order valence-corrected chi connectivity index (χ3v) is 4.28. The van der Waals surface area contributed by atoms with Crippen molar-refractivity contribution in [1.82, 2.24) is 10.3 Å². The van der Waals surface area contributed by atoms with E-state index in [1.807, 2.05) is 60.7 Å². The molecule has 1 N–H and O–H groups in total. The van der Waals surface area contributed by atoms with E-state index < -0.39 is 18.1 Å². The van der Waals surface area contributed by atoms with Gasteiger partial charge in [0.05, 0.1) is 7.11 Å². The zero-order valence-corrected chi connectivity index (χ0v) is 16.3. The van der Waals surface area contributed by atoms with Gasteiger partial charge in [-0.3, -0.25) is 0 Å². The SMILES string of the molecule is COC(=O)c1nc(C(Cc2ccccc2)NC(=O)OCc2ccccc2)oc1C. The highest BCUT2D eigenvalue weighted by atomic mass is 16.5. The quantitative estimate of drug-likeness (QED) is 0.610. The first-order valence-electron chi connectivity index (χ1n) is 9.13. The van der Waals surface area contributed by atoms with Crippen LogP contribution in [0.3, 0.4) is 0 Å². The molecule has 0 aliphatic carbocycles. The molecule has 0 spiro atoms. The maximum absolute atomic E-state index is 12.4. The standard InChI is InChI=1S/C22H22N2O5/c1-15-19(21(25)27-2)24-20(29-15)18(13-16-9-5-3-6-10-16)23-22(26)28-14-17-11-7-4-8-12-17/h3-12,18H,13-14H2,1-2H3,(H,23,26). The normalized spacial score (nSPS) is 11.5. The number of aromatic nitrogens is 1. The number of methoxy groups -OCH3 is 1. The van der Waals surface area contributed by atoms with Crippen molar-refractivity contribution in [2.75, 3.05) is 7.11 Å². The Morgan fingerprint density at radius 1 is 1.03 bits per heavy atom. The molecule has 2 aromatic carbocycles. The summed E-state index contributed by atoms with van der Waals surface area (Å²) >= 11 is 0. The van der Waals surface area contributed by atoms with Crippen molar-refractivity contribution >= 4 is 12.1 Å². The second kappa shape index (κ2) is 9.54. The third kappa shape index (κ3) is 5.44. The van der Waals surface area contributed by atoms with E-state index in [9.17, 15) is 9.59 Å². The molecule has 0 bridgehead atoms. The molecule has 29 heavy (non-hydrogen) atoms. The minimum absolute atomic E-state index is 0.0833. The summed E-state index contributed by atoms with van der Waals surface area (Å²) in [5.41, 5.74) is 1.93. The van der Waals surface area contributed by atoms with Gasteiger partial charge in [0.15, 0.2) is 5.69 Å². The van der Waals surface area contributed by atoms with Crippen LogP contribution in [0.2, 0.25) is 0 Å². The molecule has 7 nitrogen and oxygen atoms in total. The van der Waals surface area contributed by atoms with Crippen LogP contribution in [0.1, 0.15) is 39.3 Å². The van der Waals surface area contributed by atoms with Crippen molar-refractivity contribution in [3.8, 4) is 0 Å². The lowest BCUT2D eigenvalue weighted by Gasteiger charge is -2.16. The molecule has 0 aliphatic rings. The summed E-state index contributed by atoms with van der Waals surface area (Å²) in [6.45, 7) is 1.76. The zero-order valence-electron chi connectivity index (χ0n) is 16.3. The summed E-state index contributed by atoms with van der Waals surface area (Å²) in [6.07, 6.45) is -0.188. The van der Waals surface area contributed by atoms with Crippen LogP contribution in [-0.4, -0.2) is 24.2 Å². The Balaban J connectivity index is 1.76. The Kier molecular flexibility index (Phi) is 6.63. The smallest absolute Gasteiger partial charge is 0.408 e. The summed E-state index contributed by atoms with van der Waals surface area (Å²) in [6, 6.07) is 18.3. The number of carbonyl (C=O) groups excluding carboxylic acids is 2. The topological polar surface area (TPSA) is 90.7 Å². The molecule has 1 atom stereocenters. The number of nitrogens with one attached hydrogen (secondary N) is 1. The van der Waals surface area contributed by atoms with Gasteiger partial charge in [-0.15, -0.1) is 0 Å². The number of esters is 1. The van der Waals surface area contributed by atoms with Gasteiger partial charge >= 0.3 is 12.1 Å². The first-order chi connectivity index (χ1) is 14.1. The fourth-order valence-electron chi connectivity index (χ4n) is 2.81. The lowest BCUT2D eigenvalue weighted by molar-refractivity contribution is 0.0592. The van der Waals surface area contributed by atoms with Crippen LogP contribution in [-0.2, 0) is 22.5 Å². The highest BCUT2D eigenvalue weighted by molar-refractivity contribution is 5.88. The number of benzene rings is 2. The molecule has 3 rings (SSSR count). The first kappa shape index (κ1) is 20.1. The van der Waals surface area contributed by atoms with Crippen LogP contribution in [0.15, 0.2) is 65.1 Å². The maximum Gasteiger partial charge on any atom is 0.408 e. The van der Waals surface area contributed by atoms with E-state index in [1.165, 1.54) is 7.11 Å². The average molecular weight is 394 g/mol. The lowest BCUT2D eigenvalue weighted by atomic mass is 10.1. The van der Waals surface area contributed by atoms with Crippen LogP contribution in [0, 0.1) is 6.92 Å². The van der Waals surface area contributed by atoms with Crippen molar-refractivity contribution in [2.45, 2.75) is 26.0 Å². The van der Waals surface area contributed by atoms with Gasteiger partial charge in [-0.05, 0) is 18.1 Å². The van der Waals surface area contributed by atoms with E-state index in [0.717, 1.165) is 11.1 Å². The highest BCUT2D eigenvalue weighted by Crippen LogP contribution is 2.22. The van der Waals surface area contributed by atoms with Gasteiger partial charge in [0.1, 0.15) is 18.4 Å². The molecule has 7 heteroatoms. The van der Waals surface area contributed by atoms with E-state index in [-0.39, 0.29) is 18.2 Å². The van der Waals surface area contributed by atoms with Crippen LogP contribution in [0.4, 0.5) is 4.79 Å². The number of hydrogen-bond acceptors (Lipinski definition) is 6. The van der Waals surface area contributed by atoms with E-state index in [4.69, 9.17) is 13.9 Å². The summed E-state index contributed by atoms with van der Waals surface area (Å²) in [7, 11) is 1.27. The van der Waals surface area contributed by atoms with Crippen LogP contribution >= 0.6 is 0 Å². The molecule has 1 unspecified atom stereocenters. The van der Waals surface area contributed by atoms with Gasteiger partial charge < -0.3 is 19.2 Å². The molecule has 0 saturated heterocycles. The van der Waals surface area contributed by atoms with Crippen LogP contribution in [0.25, 0.3) is 0 Å². The van der Waals surface area contributed by atoms with Gasteiger partial charge in [0.2, 0.25) is 5.89 Å². The number of aryl methyl sites for hydroxylation is 1. The molecule has 1 amide bonds. The molecular formula is C22H22N2O5. The monoisotopic (exact) mass is 394 g/mol. The third-order valence-electron chi connectivity index (χ3n) is 4.28. The van der Waals surface area contributed by atoms with Crippen molar-refractivity contribution < 1.29 is 23.5 Å². The number of rotatable bonds is 7. The molecule has 0 saturated carbocycles. The summed E-state index contributed by atoms with van der Waals surface area (Å²) in [5, 5.41) is 2.78. The second-order valence-corrected chi connectivity index (χ2v) is 6.40. The number of nitrogens with zero attached hydrogens (tertiary/aromatic N) is 1. The van der Waals surface area contributed by atoms with Crippen molar-refractivity contribution in [2.24, 2.45) is 0 Å². The molecule has 1 heterocycles. The zero-order chi connectivity index (χ0) is 20.6. The minimum Gasteiger partial charge on any atom is -0.464 e. The van der Waals surface area contributed by atoms with Gasteiger partial charge in [-0.25, -0.2) is 14.6 Å². The van der Waals surface area contributed by atoms with Crippen molar-refractivity contribution in [1.29, 1.82) is 0 Å². The van der Waals surface area contributed by atoms with E-state index >= 15 is 0 Å². The molecule has 0 fully saturated rings. The molecule has 3 aromatic rings. The predicted octanol–water partition coefficient (Wildman–Crippen LogP) is 3.98. The van der Waals surface area contributed by atoms with Crippen molar-refractivity contribution in [3.05, 3.63) is 89.1 Å². The minimum atomic E-state index is -0.613. The van der Waals surface area contributed by atoms with Gasteiger partial charge in [0, 0.05) is 6.42 Å². The second-order valence-electron chi connectivity index (χ2n) is 6.40. The van der Waals surface area contributed by atoms with Crippen LogP contribution in [0.5, 0.6) is 0 Å². The summed E-state index contributed by atoms with van der Waals surface area (Å²) in [5.74, 6) is -0.0598. The Bertz CT molecular complexity index is 954. The van der Waals surface area contributed by atoms with Gasteiger partial charge in [-0.1, -0.05) is 60.7 Å². The van der Waals surface area contributed by atoms with Crippen LogP contribution < -0.4 is 5.32 Å². The average Bonchev–Trinajstić information content (AvgIpc) is 3.14. The van der Waals surface area contributed by atoms with E-state index in [0.29, 0.717) is 12.2 Å². The molecular weight excluding hydrogens is 372 g/mol. The number of hydrogen-bond donors (Lipinski definition) is 1. The number of ether oxygens (including phenoxy) is 2. The van der Waals surface area contributed by atoms with E-state index in [2.05, 4.69) is 10.3 Å². The Labute approximate surface area is 168 Å². The van der Waals surface area contributed by atoms with E-state index in [1.54, 1.807) is 6.92 Å². The lowest BCUT2D eigenvalue weighted by Crippen LogP contribution is -2.30. The Morgan fingerprint density at radius 3 is 2.28 bits per heavy atom.